The minimum absolute atomic E-state index is 0.331. The molecular formula is C14H12ClF2N. The highest BCUT2D eigenvalue weighted by atomic mass is 35.5. The topological polar surface area (TPSA) is 12.0 Å². The van der Waals surface area contributed by atoms with Gasteiger partial charge in [0, 0.05) is 29.7 Å². The van der Waals surface area contributed by atoms with E-state index in [1.807, 2.05) is 18.2 Å². The second-order valence-corrected chi connectivity index (χ2v) is 4.34. The fourth-order valence-electron chi connectivity index (χ4n) is 1.64. The Morgan fingerprint density at radius 2 is 1.67 bits per heavy atom. The molecule has 0 bridgehead atoms. The number of halogens is 3. The highest BCUT2D eigenvalue weighted by molar-refractivity contribution is 6.31. The van der Waals surface area contributed by atoms with E-state index in [9.17, 15) is 8.78 Å². The Morgan fingerprint density at radius 3 is 2.39 bits per heavy atom. The maximum Gasteiger partial charge on any atom is 0.130 e. The van der Waals surface area contributed by atoms with E-state index in [-0.39, 0.29) is 0 Å². The largest absolute Gasteiger partial charge is 0.308 e. The number of hydrogen-bond acceptors (Lipinski definition) is 1. The summed E-state index contributed by atoms with van der Waals surface area (Å²) in [5.74, 6) is -1.11. The number of rotatable bonds is 4. The molecule has 0 aliphatic heterocycles. The summed E-state index contributed by atoms with van der Waals surface area (Å²) < 4.78 is 26.1. The Kier molecular flexibility index (Phi) is 4.28. The van der Waals surface area contributed by atoms with Crippen LogP contribution in [-0.2, 0) is 13.1 Å². The maximum atomic E-state index is 13.3. The highest BCUT2D eigenvalue weighted by Gasteiger charge is 2.04. The van der Waals surface area contributed by atoms with E-state index in [0.29, 0.717) is 23.7 Å². The molecule has 2 aromatic rings. The van der Waals surface area contributed by atoms with Gasteiger partial charge in [0.15, 0.2) is 0 Å². The lowest BCUT2D eigenvalue weighted by Crippen LogP contribution is -2.14. The van der Waals surface area contributed by atoms with Crippen molar-refractivity contribution in [1.29, 1.82) is 0 Å². The third-order valence-electron chi connectivity index (χ3n) is 2.60. The zero-order chi connectivity index (χ0) is 13.0. The van der Waals surface area contributed by atoms with E-state index >= 15 is 0 Å². The number of benzene rings is 2. The predicted octanol–water partition coefficient (Wildman–Crippen LogP) is 3.91. The van der Waals surface area contributed by atoms with E-state index in [4.69, 9.17) is 11.6 Å². The minimum atomic E-state index is -0.567. The molecule has 1 nitrogen and oxygen atoms in total. The standard InChI is InChI=1S/C14H12ClF2N/c15-13-4-2-1-3-10(13)8-18-9-11-5-6-12(16)7-14(11)17/h1-7,18H,8-9H2. The first-order valence-corrected chi connectivity index (χ1v) is 5.92. The van der Waals surface area contributed by atoms with Crippen LogP contribution in [0.4, 0.5) is 8.78 Å². The van der Waals surface area contributed by atoms with Gasteiger partial charge in [0.05, 0.1) is 0 Å². The van der Waals surface area contributed by atoms with Crippen molar-refractivity contribution in [3.8, 4) is 0 Å². The Hall–Kier alpha value is -1.45. The lowest BCUT2D eigenvalue weighted by Gasteiger charge is -2.07. The average Bonchev–Trinajstić information content (AvgIpc) is 2.34. The number of hydrogen-bond donors (Lipinski definition) is 1. The molecule has 2 rings (SSSR count). The van der Waals surface area contributed by atoms with E-state index < -0.39 is 11.6 Å². The van der Waals surface area contributed by atoms with Crippen LogP contribution in [0, 0.1) is 11.6 Å². The van der Waals surface area contributed by atoms with Gasteiger partial charge in [-0.2, -0.15) is 0 Å². The molecule has 0 fully saturated rings. The van der Waals surface area contributed by atoms with Crippen molar-refractivity contribution in [2.45, 2.75) is 13.1 Å². The SMILES string of the molecule is Fc1ccc(CNCc2ccccc2Cl)c(F)c1. The molecule has 1 N–H and O–H groups in total. The fourth-order valence-corrected chi connectivity index (χ4v) is 1.84. The van der Waals surface area contributed by atoms with Crippen LogP contribution in [0.25, 0.3) is 0 Å². The molecule has 0 atom stereocenters. The summed E-state index contributed by atoms with van der Waals surface area (Å²) in [6, 6.07) is 11.0. The minimum Gasteiger partial charge on any atom is -0.308 e. The normalized spacial score (nSPS) is 10.6. The van der Waals surface area contributed by atoms with Gasteiger partial charge in [-0.1, -0.05) is 35.9 Å². The van der Waals surface area contributed by atoms with Crippen LogP contribution in [0.5, 0.6) is 0 Å². The van der Waals surface area contributed by atoms with Gasteiger partial charge >= 0.3 is 0 Å². The molecule has 0 heterocycles. The Labute approximate surface area is 109 Å². The molecule has 0 aliphatic rings. The Bertz CT molecular complexity index is 543. The number of nitrogens with one attached hydrogen (secondary N) is 1. The summed E-state index contributed by atoms with van der Waals surface area (Å²) >= 11 is 5.99. The summed E-state index contributed by atoms with van der Waals surface area (Å²) in [6.07, 6.45) is 0. The molecule has 18 heavy (non-hydrogen) atoms. The molecule has 0 amide bonds. The van der Waals surface area contributed by atoms with Crippen molar-refractivity contribution < 1.29 is 8.78 Å². The van der Waals surface area contributed by atoms with Crippen molar-refractivity contribution >= 4 is 11.6 Å². The zero-order valence-electron chi connectivity index (χ0n) is 9.59. The second kappa shape index (κ2) is 5.94. The molecule has 4 heteroatoms. The van der Waals surface area contributed by atoms with Gasteiger partial charge in [0.1, 0.15) is 11.6 Å². The smallest absolute Gasteiger partial charge is 0.130 e. The molecule has 0 spiro atoms. The molecule has 2 aromatic carbocycles. The molecule has 0 aromatic heterocycles. The molecule has 0 saturated heterocycles. The quantitative estimate of drug-likeness (QED) is 0.886. The van der Waals surface area contributed by atoms with Crippen LogP contribution in [0.3, 0.4) is 0 Å². The summed E-state index contributed by atoms with van der Waals surface area (Å²) in [5, 5.41) is 3.74. The third-order valence-corrected chi connectivity index (χ3v) is 2.97. The van der Waals surface area contributed by atoms with Crippen LogP contribution in [0.2, 0.25) is 5.02 Å². The van der Waals surface area contributed by atoms with Crippen LogP contribution in [0.1, 0.15) is 11.1 Å². The van der Waals surface area contributed by atoms with Crippen molar-refractivity contribution in [3.63, 3.8) is 0 Å². The predicted molar refractivity (Wildman–Crippen MR) is 68.4 cm³/mol. The van der Waals surface area contributed by atoms with E-state index in [0.717, 1.165) is 11.6 Å². The van der Waals surface area contributed by atoms with E-state index in [1.54, 1.807) is 6.07 Å². The molecule has 0 saturated carbocycles. The molecule has 0 unspecified atom stereocenters. The first-order valence-electron chi connectivity index (χ1n) is 5.55. The summed E-state index contributed by atoms with van der Waals surface area (Å²) in [6.45, 7) is 0.869. The van der Waals surface area contributed by atoms with Crippen molar-refractivity contribution in [3.05, 3.63) is 70.2 Å². The average molecular weight is 268 g/mol. The maximum absolute atomic E-state index is 13.3. The molecule has 94 valence electrons. The Balaban J connectivity index is 1.95. The van der Waals surface area contributed by atoms with Gasteiger partial charge in [0.25, 0.3) is 0 Å². The van der Waals surface area contributed by atoms with Gasteiger partial charge in [0.2, 0.25) is 0 Å². The van der Waals surface area contributed by atoms with Crippen LogP contribution >= 0.6 is 11.6 Å². The van der Waals surface area contributed by atoms with Crippen LogP contribution < -0.4 is 5.32 Å². The van der Waals surface area contributed by atoms with Gasteiger partial charge in [-0.15, -0.1) is 0 Å². The highest BCUT2D eigenvalue weighted by Crippen LogP contribution is 2.15. The fraction of sp³-hybridized carbons (Fsp3) is 0.143. The van der Waals surface area contributed by atoms with Crippen molar-refractivity contribution in [2.75, 3.05) is 0 Å². The second-order valence-electron chi connectivity index (χ2n) is 3.93. The van der Waals surface area contributed by atoms with Gasteiger partial charge in [-0.3, -0.25) is 0 Å². The lowest BCUT2D eigenvalue weighted by atomic mass is 10.2. The van der Waals surface area contributed by atoms with E-state index in [1.165, 1.54) is 12.1 Å². The van der Waals surface area contributed by atoms with Crippen molar-refractivity contribution in [2.24, 2.45) is 0 Å². The summed E-state index contributed by atoms with van der Waals surface area (Å²) in [4.78, 5) is 0. The van der Waals surface area contributed by atoms with Crippen molar-refractivity contribution in [1.82, 2.24) is 5.32 Å². The first-order chi connectivity index (χ1) is 8.66. The summed E-state index contributed by atoms with van der Waals surface area (Å²) in [7, 11) is 0. The van der Waals surface area contributed by atoms with Gasteiger partial charge in [-0.25, -0.2) is 8.78 Å². The summed E-state index contributed by atoms with van der Waals surface area (Å²) in [5.41, 5.74) is 1.38. The zero-order valence-corrected chi connectivity index (χ0v) is 10.3. The molecule has 0 aliphatic carbocycles. The monoisotopic (exact) mass is 267 g/mol. The molecule has 0 radical (unpaired) electrons. The first kappa shape index (κ1) is 13.0. The van der Waals surface area contributed by atoms with Crippen LogP contribution in [-0.4, -0.2) is 0 Å². The van der Waals surface area contributed by atoms with Gasteiger partial charge in [-0.05, 0) is 17.7 Å². The van der Waals surface area contributed by atoms with Crippen LogP contribution in [0.15, 0.2) is 42.5 Å². The molecular weight excluding hydrogens is 256 g/mol. The Morgan fingerprint density at radius 1 is 0.944 bits per heavy atom. The van der Waals surface area contributed by atoms with Gasteiger partial charge < -0.3 is 5.32 Å². The van der Waals surface area contributed by atoms with E-state index in [2.05, 4.69) is 5.32 Å². The lowest BCUT2D eigenvalue weighted by molar-refractivity contribution is 0.560. The third kappa shape index (κ3) is 3.28.